The van der Waals surface area contributed by atoms with E-state index in [2.05, 4.69) is 21.2 Å². The Morgan fingerprint density at radius 2 is 2.00 bits per heavy atom. The van der Waals surface area contributed by atoms with E-state index < -0.39 is 12.1 Å². The third-order valence-electron chi connectivity index (χ3n) is 2.54. The summed E-state index contributed by atoms with van der Waals surface area (Å²) in [6.07, 6.45) is -0.377. The molecular weight excluding hydrogens is 314 g/mol. The Bertz CT molecular complexity index is 433. The molecule has 0 fully saturated rings. The Hall–Kier alpha value is -1.40. The monoisotopic (exact) mass is 329 g/mol. The second-order valence-corrected chi connectivity index (χ2v) is 4.98. The molecule has 1 aromatic carbocycles. The molecular formula is C13H16BrNO4. The van der Waals surface area contributed by atoms with Crippen LogP contribution in [0.25, 0.3) is 0 Å². The second-order valence-electron chi connectivity index (χ2n) is 4.06. The Balaban J connectivity index is 2.38. The first-order valence-electron chi connectivity index (χ1n) is 5.77. The van der Waals surface area contributed by atoms with Crippen LogP contribution in [-0.2, 0) is 20.7 Å². The van der Waals surface area contributed by atoms with Crippen molar-refractivity contribution in [1.82, 2.24) is 5.32 Å². The molecule has 1 amide bonds. The molecule has 0 aliphatic rings. The number of carbonyl (C=O) groups is 2. The van der Waals surface area contributed by atoms with Gasteiger partial charge in [0, 0.05) is 18.1 Å². The fourth-order valence-corrected chi connectivity index (χ4v) is 1.78. The van der Waals surface area contributed by atoms with Crippen molar-refractivity contribution >= 4 is 27.8 Å². The zero-order chi connectivity index (χ0) is 14.3. The van der Waals surface area contributed by atoms with Crippen LogP contribution in [0.2, 0.25) is 0 Å². The summed E-state index contributed by atoms with van der Waals surface area (Å²) in [5, 5.41) is 11.3. The maximum Gasteiger partial charge on any atom is 0.306 e. The van der Waals surface area contributed by atoms with Gasteiger partial charge in [0.15, 0.2) is 0 Å². The summed E-state index contributed by atoms with van der Waals surface area (Å²) in [5.41, 5.74) is 0.896. The smallest absolute Gasteiger partial charge is 0.306 e. The number of ether oxygens (including phenoxy) is 1. The Morgan fingerprint density at radius 1 is 1.37 bits per heavy atom. The van der Waals surface area contributed by atoms with Crippen molar-refractivity contribution in [2.24, 2.45) is 0 Å². The fraction of sp³-hybridized carbons (Fsp3) is 0.385. The van der Waals surface area contributed by atoms with Crippen molar-refractivity contribution in [3.8, 4) is 0 Å². The van der Waals surface area contributed by atoms with Gasteiger partial charge in [0.1, 0.15) is 0 Å². The van der Waals surface area contributed by atoms with Crippen molar-refractivity contribution < 1.29 is 19.4 Å². The van der Waals surface area contributed by atoms with Crippen molar-refractivity contribution in [2.45, 2.75) is 18.9 Å². The van der Waals surface area contributed by atoms with Gasteiger partial charge in [0.05, 0.1) is 18.9 Å². The molecule has 2 N–H and O–H groups in total. The molecule has 19 heavy (non-hydrogen) atoms. The summed E-state index contributed by atoms with van der Waals surface area (Å²) in [6.45, 7) is 0.193. The van der Waals surface area contributed by atoms with E-state index in [1.807, 2.05) is 24.3 Å². The highest BCUT2D eigenvalue weighted by Crippen LogP contribution is 2.10. The van der Waals surface area contributed by atoms with E-state index in [1.165, 1.54) is 7.11 Å². The standard InChI is InChI=1S/C13H16BrNO4/c1-19-11(7-13(17)18)8-15-12(16)6-9-2-4-10(14)5-3-9/h2-5,11H,6-8H2,1H3,(H,15,16)(H,17,18). The SMILES string of the molecule is COC(CNC(=O)Cc1ccc(Br)cc1)CC(=O)O. The molecule has 104 valence electrons. The van der Waals surface area contributed by atoms with Crippen LogP contribution in [0.5, 0.6) is 0 Å². The minimum absolute atomic E-state index is 0.130. The van der Waals surface area contributed by atoms with Gasteiger partial charge in [-0.15, -0.1) is 0 Å². The average molecular weight is 330 g/mol. The van der Waals surface area contributed by atoms with Gasteiger partial charge < -0.3 is 15.2 Å². The Labute approximate surface area is 120 Å². The normalized spacial score (nSPS) is 11.9. The molecule has 0 radical (unpaired) electrons. The van der Waals surface area contributed by atoms with Crippen molar-refractivity contribution in [2.75, 3.05) is 13.7 Å². The van der Waals surface area contributed by atoms with Gasteiger partial charge in [0.2, 0.25) is 5.91 Å². The molecule has 0 heterocycles. The molecule has 0 aromatic heterocycles. The quantitative estimate of drug-likeness (QED) is 0.796. The minimum atomic E-state index is -0.950. The first-order valence-corrected chi connectivity index (χ1v) is 6.56. The third kappa shape index (κ3) is 6.35. The number of nitrogens with one attached hydrogen (secondary N) is 1. The van der Waals surface area contributed by atoms with Gasteiger partial charge in [-0.3, -0.25) is 9.59 Å². The number of hydrogen-bond acceptors (Lipinski definition) is 3. The number of benzene rings is 1. The number of hydrogen-bond donors (Lipinski definition) is 2. The summed E-state index contributed by atoms with van der Waals surface area (Å²) in [7, 11) is 1.43. The van der Waals surface area contributed by atoms with Crippen molar-refractivity contribution in [3.05, 3.63) is 34.3 Å². The molecule has 1 unspecified atom stereocenters. The number of carboxylic acids is 1. The van der Waals surface area contributed by atoms with Gasteiger partial charge in [-0.25, -0.2) is 0 Å². The number of rotatable bonds is 7. The summed E-state index contributed by atoms with van der Waals surface area (Å²) < 4.78 is 5.93. The fourth-order valence-electron chi connectivity index (χ4n) is 1.51. The van der Waals surface area contributed by atoms with Gasteiger partial charge in [0.25, 0.3) is 0 Å². The van der Waals surface area contributed by atoms with Crippen LogP contribution >= 0.6 is 15.9 Å². The summed E-state index contributed by atoms with van der Waals surface area (Å²) >= 11 is 3.32. The van der Waals surface area contributed by atoms with E-state index in [4.69, 9.17) is 9.84 Å². The number of halogens is 1. The zero-order valence-electron chi connectivity index (χ0n) is 10.6. The largest absolute Gasteiger partial charge is 0.481 e. The lowest BCUT2D eigenvalue weighted by Crippen LogP contribution is -2.35. The maximum atomic E-state index is 11.7. The summed E-state index contributed by atoms with van der Waals surface area (Å²) in [4.78, 5) is 22.2. The Morgan fingerprint density at radius 3 is 2.53 bits per heavy atom. The molecule has 0 aliphatic heterocycles. The number of carboxylic acid groups (broad SMARTS) is 1. The van der Waals surface area contributed by atoms with Crippen LogP contribution in [-0.4, -0.2) is 36.7 Å². The first kappa shape index (κ1) is 15.7. The van der Waals surface area contributed by atoms with E-state index in [0.717, 1.165) is 10.0 Å². The van der Waals surface area contributed by atoms with Crippen LogP contribution < -0.4 is 5.32 Å². The van der Waals surface area contributed by atoms with Gasteiger partial charge in [-0.2, -0.15) is 0 Å². The lowest BCUT2D eigenvalue weighted by atomic mass is 10.1. The molecule has 1 rings (SSSR count). The highest BCUT2D eigenvalue weighted by atomic mass is 79.9. The highest BCUT2D eigenvalue weighted by molar-refractivity contribution is 9.10. The van der Waals surface area contributed by atoms with E-state index in [0.29, 0.717) is 0 Å². The molecule has 6 heteroatoms. The lowest BCUT2D eigenvalue weighted by Gasteiger charge is -2.13. The van der Waals surface area contributed by atoms with Crippen molar-refractivity contribution in [1.29, 1.82) is 0 Å². The lowest BCUT2D eigenvalue weighted by molar-refractivity contribution is -0.140. The molecule has 0 saturated heterocycles. The van der Waals surface area contributed by atoms with Crippen LogP contribution in [0.4, 0.5) is 0 Å². The van der Waals surface area contributed by atoms with Crippen LogP contribution in [0, 0.1) is 0 Å². The van der Waals surface area contributed by atoms with Crippen LogP contribution in [0.15, 0.2) is 28.7 Å². The molecule has 0 spiro atoms. The first-order chi connectivity index (χ1) is 9.01. The predicted molar refractivity (Wildman–Crippen MR) is 73.9 cm³/mol. The van der Waals surface area contributed by atoms with Gasteiger partial charge in [-0.1, -0.05) is 28.1 Å². The van der Waals surface area contributed by atoms with Gasteiger partial charge in [-0.05, 0) is 17.7 Å². The second kappa shape index (κ2) is 7.91. The highest BCUT2D eigenvalue weighted by Gasteiger charge is 2.13. The predicted octanol–water partition coefficient (Wildman–Crippen LogP) is 1.60. The van der Waals surface area contributed by atoms with Gasteiger partial charge >= 0.3 is 5.97 Å². The maximum absolute atomic E-state index is 11.7. The number of methoxy groups -OCH3 is 1. The Kier molecular flexibility index (Phi) is 6.52. The molecule has 1 atom stereocenters. The molecule has 5 nitrogen and oxygen atoms in total. The van der Waals surface area contributed by atoms with E-state index in [1.54, 1.807) is 0 Å². The minimum Gasteiger partial charge on any atom is -0.481 e. The molecule has 1 aromatic rings. The van der Waals surface area contributed by atoms with E-state index in [9.17, 15) is 9.59 Å². The molecule has 0 bridgehead atoms. The van der Waals surface area contributed by atoms with Crippen LogP contribution in [0.1, 0.15) is 12.0 Å². The summed E-state index contributed by atoms with van der Waals surface area (Å²) in [5.74, 6) is -1.11. The van der Waals surface area contributed by atoms with Crippen molar-refractivity contribution in [3.63, 3.8) is 0 Å². The van der Waals surface area contributed by atoms with E-state index in [-0.39, 0.29) is 25.3 Å². The summed E-state index contributed by atoms with van der Waals surface area (Å²) in [6, 6.07) is 7.44. The molecule has 0 saturated carbocycles. The van der Waals surface area contributed by atoms with E-state index >= 15 is 0 Å². The molecule has 0 aliphatic carbocycles. The van der Waals surface area contributed by atoms with Crippen LogP contribution in [0.3, 0.4) is 0 Å². The third-order valence-corrected chi connectivity index (χ3v) is 3.07. The number of carbonyl (C=O) groups excluding carboxylic acids is 1. The number of amides is 1. The zero-order valence-corrected chi connectivity index (χ0v) is 12.1. The topological polar surface area (TPSA) is 75.6 Å². The number of aliphatic carboxylic acids is 1. The average Bonchev–Trinajstić information content (AvgIpc) is 2.37.